The van der Waals surface area contributed by atoms with E-state index in [-0.39, 0.29) is 5.60 Å². The maximum Gasteiger partial charge on any atom is 0.143 e. The Kier molecular flexibility index (Phi) is 3.01. The van der Waals surface area contributed by atoms with Gasteiger partial charge in [0.05, 0.1) is 5.69 Å². The van der Waals surface area contributed by atoms with Crippen molar-refractivity contribution >= 4 is 21.6 Å². The molecule has 0 unspecified atom stereocenters. The summed E-state index contributed by atoms with van der Waals surface area (Å²) in [6.45, 7) is 3.11. The average molecular weight is 297 g/mol. The van der Waals surface area contributed by atoms with Crippen molar-refractivity contribution in [3.05, 3.63) is 22.7 Å². The molecular weight excluding hydrogens is 280 g/mol. The Morgan fingerprint density at radius 1 is 1.12 bits per heavy atom. The molecule has 17 heavy (non-hydrogen) atoms. The van der Waals surface area contributed by atoms with E-state index >= 15 is 0 Å². The summed E-state index contributed by atoms with van der Waals surface area (Å²) in [4.78, 5) is 0. The van der Waals surface area contributed by atoms with Gasteiger partial charge in [-0.25, -0.2) is 0 Å². The normalized spacial score (nSPS) is 22.2. The molecule has 4 heteroatoms. The Bertz CT molecular complexity index is 416. The lowest BCUT2D eigenvalue weighted by atomic mass is 9.89. The molecule has 1 saturated heterocycles. The molecule has 0 bridgehead atoms. The van der Waals surface area contributed by atoms with Crippen molar-refractivity contribution in [3.8, 4) is 5.75 Å². The second-order valence-corrected chi connectivity index (χ2v) is 5.77. The van der Waals surface area contributed by atoms with Gasteiger partial charge in [-0.05, 0) is 44.1 Å². The summed E-state index contributed by atoms with van der Waals surface area (Å²) in [5.74, 6) is 0.993. The van der Waals surface area contributed by atoms with Crippen molar-refractivity contribution < 1.29 is 4.74 Å². The number of piperidine rings is 1. The molecule has 0 radical (unpaired) electrons. The van der Waals surface area contributed by atoms with E-state index in [1.165, 1.54) is 0 Å². The van der Waals surface area contributed by atoms with Crippen LogP contribution in [0, 0.1) is 0 Å². The highest BCUT2D eigenvalue weighted by atomic mass is 79.9. The van der Waals surface area contributed by atoms with Crippen LogP contribution in [0.1, 0.15) is 19.3 Å². The molecule has 2 heterocycles. The summed E-state index contributed by atoms with van der Waals surface area (Å²) >= 11 is 3.50. The van der Waals surface area contributed by atoms with E-state index < -0.39 is 0 Å². The van der Waals surface area contributed by atoms with Crippen molar-refractivity contribution in [2.75, 3.05) is 25.0 Å². The largest absolute Gasteiger partial charge is 0.485 e. The standard InChI is InChI=1S/C13H17BrN2O/c14-10-1-2-12-11(9-10)16-8-5-13(17-12)3-6-15-7-4-13/h1-2,9,15-16H,3-8H2. The summed E-state index contributed by atoms with van der Waals surface area (Å²) < 4.78 is 7.41. The Morgan fingerprint density at radius 3 is 2.71 bits per heavy atom. The van der Waals surface area contributed by atoms with E-state index in [4.69, 9.17) is 4.74 Å². The number of ether oxygens (including phenoxy) is 1. The summed E-state index contributed by atoms with van der Waals surface area (Å²) in [6, 6.07) is 6.19. The van der Waals surface area contributed by atoms with E-state index in [1.54, 1.807) is 0 Å². The smallest absolute Gasteiger partial charge is 0.143 e. The molecule has 2 aliphatic heterocycles. The van der Waals surface area contributed by atoms with E-state index in [2.05, 4.69) is 38.7 Å². The van der Waals surface area contributed by atoms with E-state index in [1.807, 2.05) is 6.07 Å². The third-order valence-electron chi connectivity index (χ3n) is 3.68. The van der Waals surface area contributed by atoms with Crippen LogP contribution in [0.5, 0.6) is 5.75 Å². The van der Waals surface area contributed by atoms with Crippen LogP contribution in [0.3, 0.4) is 0 Å². The lowest BCUT2D eigenvalue weighted by Crippen LogP contribution is -2.46. The highest BCUT2D eigenvalue weighted by molar-refractivity contribution is 9.10. The molecule has 0 aliphatic carbocycles. The van der Waals surface area contributed by atoms with Crippen LogP contribution in [0.4, 0.5) is 5.69 Å². The predicted octanol–water partition coefficient (Wildman–Crippen LogP) is 2.77. The quantitative estimate of drug-likeness (QED) is 0.772. The lowest BCUT2D eigenvalue weighted by molar-refractivity contribution is 0.0356. The molecule has 92 valence electrons. The molecule has 0 aromatic heterocycles. The zero-order valence-electron chi connectivity index (χ0n) is 9.76. The number of rotatable bonds is 0. The topological polar surface area (TPSA) is 33.3 Å². The third-order valence-corrected chi connectivity index (χ3v) is 4.17. The summed E-state index contributed by atoms with van der Waals surface area (Å²) in [5, 5.41) is 6.86. The fourth-order valence-corrected chi connectivity index (χ4v) is 3.03. The molecule has 1 spiro atoms. The number of fused-ring (bicyclic) bond motifs is 1. The van der Waals surface area contributed by atoms with Gasteiger partial charge in [-0.3, -0.25) is 0 Å². The molecule has 1 aromatic rings. The maximum absolute atomic E-state index is 6.32. The zero-order valence-corrected chi connectivity index (χ0v) is 11.3. The molecule has 3 rings (SSSR count). The van der Waals surface area contributed by atoms with Crippen LogP contribution in [0.25, 0.3) is 0 Å². The van der Waals surface area contributed by atoms with Gasteiger partial charge in [0.1, 0.15) is 11.4 Å². The lowest BCUT2D eigenvalue weighted by Gasteiger charge is -2.36. The van der Waals surface area contributed by atoms with Gasteiger partial charge in [0.15, 0.2) is 0 Å². The highest BCUT2D eigenvalue weighted by Crippen LogP contribution is 2.38. The van der Waals surface area contributed by atoms with Crippen molar-refractivity contribution in [2.24, 2.45) is 0 Å². The minimum absolute atomic E-state index is 0.0390. The first-order chi connectivity index (χ1) is 8.27. The first-order valence-electron chi connectivity index (χ1n) is 6.21. The van der Waals surface area contributed by atoms with Crippen LogP contribution in [-0.2, 0) is 0 Å². The zero-order chi connectivity index (χ0) is 11.7. The van der Waals surface area contributed by atoms with Gasteiger partial charge in [-0.2, -0.15) is 0 Å². The molecule has 2 N–H and O–H groups in total. The van der Waals surface area contributed by atoms with Crippen LogP contribution in [-0.4, -0.2) is 25.2 Å². The number of nitrogens with one attached hydrogen (secondary N) is 2. The predicted molar refractivity (Wildman–Crippen MR) is 72.7 cm³/mol. The fraction of sp³-hybridized carbons (Fsp3) is 0.538. The van der Waals surface area contributed by atoms with Crippen LogP contribution < -0.4 is 15.4 Å². The highest BCUT2D eigenvalue weighted by Gasteiger charge is 2.35. The Morgan fingerprint density at radius 2 is 1.88 bits per heavy atom. The van der Waals surface area contributed by atoms with Gasteiger partial charge in [-0.15, -0.1) is 0 Å². The van der Waals surface area contributed by atoms with Crippen molar-refractivity contribution in [1.29, 1.82) is 0 Å². The Hall–Kier alpha value is -0.740. The minimum Gasteiger partial charge on any atom is -0.485 e. The second kappa shape index (κ2) is 4.50. The number of anilines is 1. The third kappa shape index (κ3) is 2.29. The summed E-state index contributed by atoms with van der Waals surface area (Å²) in [7, 11) is 0. The first-order valence-corrected chi connectivity index (χ1v) is 7.00. The SMILES string of the molecule is Brc1ccc2c(c1)NCCC1(CCNCC1)O2. The van der Waals surface area contributed by atoms with Gasteiger partial charge in [-0.1, -0.05) is 15.9 Å². The van der Waals surface area contributed by atoms with Crippen LogP contribution in [0.15, 0.2) is 22.7 Å². The number of halogens is 1. The van der Waals surface area contributed by atoms with Crippen molar-refractivity contribution in [2.45, 2.75) is 24.9 Å². The number of benzene rings is 1. The monoisotopic (exact) mass is 296 g/mol. The van der Waals surface area contributed by atoms with Crippen molar-refractivity contribution in [3.63, 3.8) is 0 Å². The molecule has 0 saturated carbocycles. The first kappa shape index (κ1) is 11.4. The summed E-state index contributed by atoms with van der Waals surface area (Å²) in [5.41, 5.74) is 1.15. The number of hydrogen-bond acceptors (Lipinski definition) is 3. The maximum atomic E-state index is 6.32. The van der Waals surface area contributed by atoms with Gasteiger partial charge < -0.3 is 15.4 Å². The van der Waals surface area contributed by atoms with E-state index in [0.29, 0.717) is 0 Å². The molecular formula is C13H17BrN2O. The molecule has 0 amide bonds. The second-order valence-electron chi connectivity index (χ2n) is 4.85. The van der Waals surface area contributed by atoms with Crippen molar-refractivity contribution in [1.82, 2.24) is 5.32 Å². The molecule has 1 aromatic carbocycles. The molecule has 0 atom stereocenters. The molecule has 2 aliphatic rings. The fourth-order valence-electron chi connectivity index (χ4n) is 2.67. The van der Waals surface area contributed by atoms with Crippen LogP contribution in [0.2, 0.25) is 0 Å². The van der Waals surface area contributed by atoms with Gasteiger partial charge in [0.2, 0.25) is 0 Å². The van der Waals surface area contributed by atoms with E-state index in [9.17, 15) is 0 Å². The average Bonchev–Trinajstić information content (AvgIpc) is 2.49. The van der Waals surface area contributed by atoms with Crippen LogP contribution >= 0.6 is 15.9 Å². The van der Waals surface area contributed by atoms with Gasteiger partial charge in [0.25, 0.3) is 0 Å². The minimum atomic E-state index is 0.0390. The Labute approximate surface area is 110 Å². The van der Waals surface area contributed by atoms with E-state index in [0.717, 1.165) is 54.8 Å². The molecule has 1 fully saturated rings. The van der Waals surface area contributed by atoms with Gasteiger partial charge in [0, 0.05) is 17.4 Å². The molecule has 3 nitrogen and oxygen atoms in total. The summed E-state index contributed by atoms with van der Waals surface area (Å²) in [6.07, 6.45) is 3.29. The Balaban J connectivity index is 1.90. The number of hydrogen-bond donors (Lipinski definition) is 2. The van der Waals surface area contributed by atoms with Gasteiger partial charge >= 0.3 is 0 Å².